The predicted octanol–water partition coefficient (Wildman–Crippen LogP) is 0.589. The van der Waals surface area contributed by atoms with Crippen molar-refractivity contribution in [1.29, 1.82) is 0 Å². The van der Waals surface area contributed by atoms with E-state index >= 15 is 0 Å². The summed E-state index contributed by atoms with van der Waals surface area (Å²) in [6.07, 6.45) is -7.28. The number of carbonyl (C=O) groups excluding carboxylic acids is 1. The molecule has 10 nitrogen and oxygen atoms in total. The van der Waals surface area contributed by atoms with Crippen molar-refractivity contribution >= 4 is 5.78 Å². The Bertz CT molecular complexity index is 989. The lowest BCUT2D eigenvalue weighted by Crippen LogP contribution is -2.60. The second-order valence-electron chi connectivity index (χ2n) is 7.82. The number of rotatable bonds is 6. The van der Waals surface area contributed by atoms with E-state index < -0.39 is 43.4 Å². The Balaban J connectivity index is 1.50. The number of fused-ring (bicyclic) bond motifs is 1. The lowest BCUT2D eigenvalue weighted by Gasteiger charge is -2.39. The van der Waals surface area contributed by atoms with Crippen molar-refractivity contribution in [2.75, 3.05) is 20.8 Å². The van der Waals surface area contributed by atoms with Gasteiger partial charge < -0.3 is 44.1 Å². The van der Waals surface area contributed by atoms with Crippen molar-refractivity contribution in [2.45, 2.75) is 43.2 Å². The molecule has 0 aromatic heterocycles. The Morgan fingerprint density at radius 2 is 1.70 bits per heavy atom. The highest BCUT2D eigenvalue weighted by Gasteiger charge is 2.44. The maximum atomic E-state index is 12.8. The van der Waals surface area contributed by atoms with Crippen molar-refractivity contribution < 1.29 is 48.9 Å². The van der Waals surface area contributed by atoms with Crippen molar-refractivity contribution in [3.8, 4) is 23.0 Å². The van der Waals surface area contributed by atoms with Gasteiger partial charge in [0.15, 0.2) is 5.78 Å². The maximum absolute atomic E-state index is 12.8. The number of aliphatic hydroxyl groups excluding tert-OH is 4. The fourth-order valence-corrected chi connectivity index (χ4v) is 3.92. The second kappa shape index (κ2) is 9.54. The highest BCUT2D eigenvalue weighted by atomic mass is 16.7. The van der Waals surface area contributed by atoms with Crippen LogP contribution in [0, 0.1) is 0 Å². The molecule has 4 N–H and O–H groups in total. The molecule has 0 unspecified atom stereocenters. The summed E-state index contributed by atoms with van der Waals surface area (Å²) in [7, 11) is 2.99. The summed E-state index contributed by atoms with van der Waals surface area (Å²) in [5.74, 6) is 1.45. The fraction of sp³-hybridized carbons (Fsp3) is 0.435. The molecule has 33 heavy (non-hydrogen) atoms. The van der Waals surface area contributed by atoms with Gasteiger partial charge in [-0.3, -0.25) is 4.79 Å². The van der Waals surface area contributed by atoms with Gasteiger partial charge in [-0.15, -0.1) is 0 Å². The summed E-state index contributed by atoms with van der Waals surface area (Å²) in [5.41, 5.74) is 1.09. The normalized spacial score (nSPS) is 29.1. The first-order valence-electron chi connectivity index (χ1n) is 10.4. The van der Waals surface area contributed by atoms with Crippen LogP contribution < -0.4 is 18.9 Å². The van der Waals surface area contributed by atoms with Gasteiger partial charge in [-0.2, -0.15) is 0 Å². The summed E-state index contributed by atoms with van der Waals surface area (Å²) < 4.78 is 27.6. The van der Waals surface area contributed by atoms with Crippen LogP contribution in [0.3, 0.4) is 0 Å². The van der Waals surface area contributed by atoms with E-state index in [-0.39, 0.29) is 12.2 Å². The number of hydrogen-bond acceptors (Lipinski definition) is 10. The standard InChI is InChI=1S/C23H26O10/c1-29-13-7-16(30-2)19-14(25)9-15(32-17(19)8-13)11-3-5-12(6-4-11)31-23-22(28)21(27)20(26)18(10-24)33-23/h3-8,15,18,20-24,26-28H,9-10H2,1-2H3/t15-,18+,20+,21-,22+,23+/m0/s1. The second-order valence-corrected chi connectivity index (χ2v) is 7.82. The Morgan fingerprint density at radius 3 is 2.33 bits per heavy atom. The highest BCUT2D eigenvalue weighted by molar-refractivity contribution is 6.02. The Morgan fingerprint density at radius 1 is 0.970 bits per heavy atom. The third kappa shape index (κ3) is 4.48. The maximum Gasteiger partial charge on any atom is 0.229 e. The summed E-state index contributed by atoms with van der Waals surface area (Å²) in [6.45, 7) is -0.548. The molecular formula is C23H26O10. The minimum atomic E-state index is -1.53. The minimum absolute atomic E-state index is 0.114. The van der Waals surface area contributed by atoms with Crippen LogP contribution in [0.15, 0.2) is 36.4 Å². The average molecular weight is 462 g/mol. The van der Waals surface area contributed by atoms with Crippen LogP contribution in [0.5, 0.6) is 23.0 Å². The molecule has 0 bridgehead atoms. The van der Waals surface area contributed by atoms with Crippen molar-refractivity contribution in [3.05, 3.63) is 47.5 Å². The summed E-state index contributed by atoms with van der Waals surface area (Å²) in [6, 6.07) is 9.89. The molecule has 0 saturated carbocycles. The van der Waals surface area contributed by atoms with Crippen LogP contribution in [-0.2, 0) is 4.74 Å². The number of aliphatic hydroxyl groups is 4. The Labute approximate surface area is 189 Å². The first kappa shape index (κ1) is 23.3. The number of ether oxygens (including phenoxy) is 5. The van der Waals surface area contributed by atoms with Gasteiger partial charge in [0.25, 0.3) is 0 Å². The van der Waals surface area contributed by atoms with Crippen LogP contribution in [0.4, 0.5) is 0 Å². The van der Waals surface area contributed by atoms with Crippen molar-refractivity contribution in [1.82, 2.24) is 0 Å². The topological polar surface area (TPSA) is 144 Å². The summed E-state index contributed by atoms with van der Waals surface area (Å²) in [5, 5.41) is 39.2. The molecular weight excluding hydrogens is 436 g/mol. The number of Topliss-reactive ketones (excluding diaryl/α,β-unsaturated/α-hetero) is 1. The molecule has 178 valence electrons. The molecule has 0 spiro atoms. The molecule has 2 aliphatic heterocycles. The zero-order chi connectivity index (χ0) is 23.7. The Kier molecular flexibility index (Phi) is 6.73. The van der Waals surface area contributed by atoms with Crippen LogP contribution in [-0.4, -0.2) is 77.7 Å². The Hall–Kier alpha value is -2.89. The van der Waals surface area contributed by atoms with Crippen LogP contribution in [0.1, 0.15) is 28.4 Å². The van der Waals surface area contributed by atoms with Gasteiger partial charge in [-0.25, -0.2) is 0 Å². The lowest BCUT2D eigenvalue weighted by atomic mass is 9.95. The molecule has 0 aliphatic carbocycles. The molecule has 1 saturated heterocycles. The minimum Gasteiger partial charge on any atom is -0.496 e. The SMILES string of the molecule is COc1cc(OC)c2c(c1)O[C@H](c1ccc(O[C@@H]3O[C@H](CO)[C@@H](O)[C@H](O)[C@H]3O)cc1)CC2=O. The molecule has 6 atom stereocenters. The first-order valence-corrected chi connectivity index (χ1v) is 10.4. The van der Waals surface area contributed by atoms with Crippen molar-refractivity contribution in [2.24, 2.45) is 0 Å². The van der Waals surface area contributed by atoms with Gasteiger partial charge in [-0.05, 0) is 17.7 Å². The van der Waals surface area contributed by atoms with Gasteiger partial charge in [0, 0.05) is 12.1 Å². The van der Waals surface area contributed by atoms with E-state index in [1.54, 1.807) is 36.4 Å². The summed E-state index contributed by atoms with van der Waals surface area (Å²) >= 11 is 0. The van der Waals surface area contributed by atoms with Gasteiger partial charge >= 0.3 is 0 Å². The zero-order valence-corrected chi connectivity index (χ0v) is 18.1. The van der Waals surface area contributed by atoms with Gasteiger partial charge in [0.1, 0.15) is 59.1 Å². The molecule has 4 rings (SSSR count). The lowest BCUT2D eigenvalue weighted by molar-refractivity contribution is -0.277. The number of hydrogen-bond donors (Lipinski definition) is 4. The largest absolute Gasteiger partial charge is 0.496 e. The first-order chi connectivity index (χ1) is 15.9. The smallest absolute Gasteiger partial charge is 0.229 e. The van der Waals surface area contributed by atoms with Crippen LogP contribution in [0.2, 0.25) is 0 Å². The molecule has 2 heterocycles. The third-order valence-corrected chi connectivity index (χ3v) is 5.77. The van der Waals surface area contributed by atoms with E-state index in [2.05, 4.69) is 0 Å². The number of carbonyl (C=O) groups is 1. The van der Waals surface area contributed by atoms with Gasteiger partial charge in [0.2, 0.25) is 6.29 Å². The molecule has 2 aliphatic rings. The van der Waals surface area contributed by atoms with E-state index in [4.69, 9.17) is 23.7 Å². The molecule has 0 radical (unpaired) electrons. The van der Waals surface area contributed by atoms with Crippen LogP contribution in [0.25, 0.3) is 0 Å². The molecule has 0 amide bonds. The van der Waals surface area contributed by atoms with E-state index in [9.17, 15) is 25.2 Å². The summed E-state index contributed by atoms with van der Waals surface area (Å²) in [4.78, 5) is 12.8. The number of benzene rings is 2. The van der Waals surface area contributed by atoms with Crippen LogP contribution >= 0.6 is 0 Å². The number of methoxy groups -OCH3 is 2. The quantitative estimate of drug-likeness (QED) is 0.481. The fourth-order valence-electron chi connectivity index (χ4n) is 3.92. The van der Waals surface area contributed by atoms with E-state index in [0.717, 1.165) is 5.56 Å². The monoisotopic (exact) mass is 462 g/mol. The molecule has 2 aromatic rings. The molecule has 2 aromatic carbocycles. The van der Waals surface area contributed by atoms with E-state index in [1.165, 1.54) is 14.2 Å². The van der Waals surface area contributed by atoms with E-state index in [1.807, 2.05) is 0 Å². The van der Waals surface area contributed by atoms with Gasteiger partial charge in [0.05, 0.1) is 27.2 Å². The third-order valence-electron chi connectivity index (χ3n) is 5.77. The zero-order valence-electron chi connectivity index (χ0n) is 18.1. The van der Waals surface area contributed by atoms with Crippen molar-refractivity contribution in [3.63, 3.8) is 0 Å². The van der Waals surface area contributed by atoms with E-state index in [0.29, 0.717) is 28.6 Å². The number of ketones is 1. The molecule has 1 fully saturated rings. The molecule has 10 heteroatoms. The average Bonchev–Trinajstić information content (AvgIpc) is 2.83. The predicted molar refractivity (Wildman–Crippen MR) is 113 cm³/mol. The van der Waals surface area contributed by atoms with Gasteiger partial charge in [-0.1, -0.05) is 12.1 Å². The highest BCUT2D eigenvalue weighted by Crippen LogP contribution is 2.42.